The van der Waals surface area contributed by atoms with Gasteiger partial charge in [0.15, 0.2) is 11.6 Å². The van der Waals surface area contributed by atoms with Crippen molar-refractivity contribution in [2.75, 3.05) is 26.7 Å². The molecule has 0 aliphatic carbocycles. The molecule has 0 fully saturated rings. The Morgan fingerprint density at radius 3 is 2.20 bits per heavy atom. The average Bonchev–Trinajstić information content (AvgIpc) is 3.07. The van der Waals surface area contributed by atoms with Gasteiger partial charge in [-0.15, -0.1) is 0 Å². The number of carbonyl (C=O) groups excluding carboxylic acids is 1. The smallest absolute Gasteiger partial charge is 0.220 e. The Labute approximate surface area is 266 Å². The monoisotopic (exact) mass is 610 g/mol. The van der Waals surface area contributed by atoms with Gasteiger partial charge < -0.3 is 10.1 Å². The number of amides is 1. The molecule has 0 bridgehead atoms. The van der Waals surface area contributed by atoms with E-state index < -0.39 is 0 Å². The second-order valence-corrected chi connectivity index (χ2v) is 12.1. The van der Waals surface area contributed by atoms with E-state index in [1.807, 2.05) is 6.07 Å². The van der Waals surface area contributed by atoms with E-state index in [1.54, 1.807) is 18.2 Å². The molecule has 1 aliphatic rings. The Morgan fingerprint density at radius 1 is 0.911 bits per heavy atom. The Morgan fingerprint density at radius 2 is 1.56 bits per heavy atom. The van der Waals surface area contributed by atoms with Gasteiger partial charge in [0.05, 0.1) is 7.11 Å². The van der Waals surface area contributed by atoms with Crippen LogP contribution in [0.25, 0.3) is 0 Å². The van der Waals surface area contributed by atoms with Crippen molar-refractivity contribution in [1.82, 2.24) is 10.2 Å². The van der Waals surface area contributed by atoms with E-state index >= 15 is 0 Å². The maximum atomic E-state index is 14.4. The van der Waals surface area contributed by atoms with Crippen LogP contribution >= 0.6 is 0 Å². The third-order valence-electron chi connectivity index (χ3n) is 9.44. The minimum Gasteiger partial charge on any atom is -0.494 e. The Hall–Kier alpha value is -4.03. The molecule has 45 heavy (non-hydrogen) atoms. The van der Waals surface area contributed by atoms with Crippen molar-refractivity contribution < 1.29 is 18.3 Å². The van der Waals surface area contributed by atoms with Gasteiger partial charge in [-0.1, -0.05) is 72.8 Å². The maximum absolute atomic E-state index is 14.4. The summed E-state index contributed by atoms with van der Waals surface area (Å²) in [7, 11) is 1.52. The summed E-state index contributed by atoms with van der Waals surface area (Å²) in [6.45, 7) is 4.63. The number of fused-ring (bicyclic) bond motifs is 1. The zero-order chi connectivity index (χ0) is 31.6. The van der Waals surface area contributed by atoms with Gasteiger partial charge in [0.25, 0.3) is 0 Å². The Bertz CT molecular complexity index is 1490. The lowest BCUT2D eigenvalue weighted by Crippen LogP contribution is -2.36. The van der Waals surface area contributed by atoms with Crippen molar-refractivity contribution >= 4 is 5.91 Å². The second-order valence-electron chi connectivity index (χ2n) is 12.1. The average molecular weight is 611 g/mol. The molecule has 0 aromatic heterocycles. The number of ether oxygens (including phenoxy) is 1. The first-order valence-corrected chi connectivity index (χ1v) is 16.1. The lowest BCUT2D eigenvalue weighted by Gasteiger charge is -2.39. The van der Waals surface area contributed by atoms with Crippen LogP contribution in [-0.2, 0) is 23.1 Å². The molecule has 4 nitrogen and oxygen atoms in total. The highest BCUT2D eigenvalue weighted by atomic mass is 19.1. The molecule has 5 rings (SSSR count). The number of halogens is 2. The van der Waals surface area contributed by atoms with Crippen molar-refractivity contribution in [3.8, 4) is 5.75 Å². The van der Waals surface area contributed by atoms with E-state index in [9.17, 15) is 13.6 Å². The van der Waals surface area contributed by atoms with Crippen LogP contribution < -0.4 is 10.1 Å². The zero-order valence-electron chi connectivity index (χ0n) is 26.4. The molecule has 0 radical (unpaired) electrons. The number of carbonyl (C=O) groups is 1. The van der Waals surface area contributed by atoms with E-state index in [4.69, 9.17) is 4.74 Å². The third-order valence-corrected chi connectivity index (χ3v) is 9.44. The molecular formula is C39H44F2N2O2. The van der Waals surface area contributed by atoms with E-state index in [1.165, 1.54) is 30.4 Å². The van der Waals surface area contributed by atoms with Crippen molar-refractivity contribution in [3.63, 3.8) is 0 Å². The third kappa shape index (κ3) is 7.98. The summed E-state index contributed by atoms with van der Waals surface area (Å²) >= 11 is 0. The van der Waals surface area contributed by atoms with Gasteiger partial charge in [-0.2, -0.15) is 0 Å². The molecule has 1 N–H and O–H groups in total. The maximum Gasteiger partial charge on any atom is 0.220 e. The van der Waals surface area contributed by atoms with E-state index in [0.29, 0.717) is 25.1 Å². The summed E-state index contributed by atoms with van der Waals surface area (Å²) < 4.78 is 32.9. The number of hydrogen-bond donors (Lipinski definition) is 1. The predicted octanol–water partition coefficient (Wildman–Crippen LogP) is 8.19. The van der Waals surface area contributed by atoms with Crippen LogP contribution in [-0.4, -0.2) is 37.6 Å². The van der Waals surface area contributed by atoms with Crippen LogP contribution in [0.3, 0.4) is 0 Å². The standard InChI is InChI=1S/C39H44F2N2O2/c1-29-35-28-37(45-2)36(41)27-31(35)21-26-43(29)25-10-23-39(32-11-5-3-6-12-32,33-13-7-4-8-14-33)22-9-24-42-38(44)20-17-30-15-18-34(40)19-16-30/h3-8,11-16,18-19,27-29H,9-10,17,20-26H2,1-2H3,(H,42,44). The lowest BCUT2D eigenvalue weighted by atomic mass is 9.68. The summed E-state index contributed by atoms with van der Waals surface area (Å²) in [6.07, 6.45) is 5.48. The van der Waals surface area contributed by atoms with Gasteiger partial charge >= 0.3 is 0 Å². The molecule has 0 saturated heterocycles. The van der Waals surface area contributed by atoms with Crippen molar-refractivity contribution in [2.24, 2.45) is 0 Å². The van der Waals surface area contributed by atoms with Gasteiger partial charge in [-0.05, 0) is 104 Å². The first-order valence-electron chi connectivity index (χ1n) is 16.1. The van der Waals surface area contributed by atoms with Crippen molar-refractivity contribution in [1.29, 1.82) is 0 Å². The van der Waals surface area contributed by atoms with Crippen LogP contribution in [0, 0.1) is 11.6 Å². The molecule has 236 valence electrons. The molecule has 1 amide bonds. The quantitative estimate of drug-likeness (QED) is 0.146. The first-order chi connectivity index (χ1) is 21.9. The number of aryl methyl sites for hydroxylation is 1. The molecule has 1 unspecified atom stereocenters. The molecular weight excluding hydrogens is 566 g/mol. The highest BCUT2D eigenvalue weighted by molar-refractivity contribution is 5.76. The first kappa shape index (κ1) is 32.4. The van der Waals surface area contributed by atoms with Crippen molar-refractivity contribution in [2.45, 2.75) is 63.3 Å². The fourth-order valence-electron chi connectivity index (χ4n) is 6.91. The molecule has 1 atom stereocenters. The van der Waals surface area contributed by atoms with Gasteiger partial charge in [0.1, 0.15) is 5.82 Å². The lowest BCUT2D eigenvalue weighted by molar-refractivity contribution is -0.121. The molecule has 0 spiro atoms. The van der Waals surface area contributed by atoms with Crippen molar-refractivity contribution in [3.05, 3.63) is 137 Å². The van der Waals surface area contributed by atoms with Gasteiger partial charge in [0, 0.05) is 31.0 Å². The SMILES string of the molecule is COc1cc2c(cc1F)CCN(CCCC(CCCNC(=O)CCc1ccc(F)cc1)(c1ccccc1)c1ccccc1)C2C. The summed E-state index contributed by atoms with van der Waals surface area (Å²) in [5.74, 6) is -0.245. The van der Waals surface area contributed by atoms with E-state index in [2.05, 4.69) is 77.8 Å². The minimum atomic E-state index is -0.295. The minimum absolute atomic E-state index is 0.0141. The van der Waals surface area contributed by atoms with Crippen LogP contribution in [0.5, 0.6) is 5.75 Å². The Kier molecular flexibility index (Phi) is 11.0. The highest BCUT2D eigenvalue weighted by Gasteiger charge is 2.34. The fourth-order valence-corrected chi connectivity index (χ4v) is 6.91. The summed E-state index contributed by atoms with van der Waals surface area (Å²) in [6, 6.07) is 31.5. The number of nitrogens with zero attached hydrogens (tertiary/aromatic N) is 1. The number of methoxy groups -OCH3 is 1. The fraction of sp³-hybridized carbons (Fsp3) is 0.359. The van der Waals surface area contributed by atoms with Gasteiger partial charge in [0.2, 0.25) is 5.91 Å². The number of rotatable bonds is 14. The summed E-state index contributed by atoms with van der Waals surface area (Å²) in [4.78, 5) is 15.2. The molecule has 1 aliphatic heterocycles. The highest BCUT2D eigenvalue weighted by Crippen LogP contribution is 2.42. The molecule has 6 heteroatoms. The predicted molar refractivity (Wildman–Crippen MR) is 177 cm³/mol. The normalized spacial score (nSPS) is 15.0. The van der Waals surface area contributed by atoms with Crippen LogP contribution in [0.2, 0.25) is 0 Å². The molecule has 0 saturated carbocycles. The molecule has 1 heterocycles. The summed E-state index contributed by atoms with van der Waals surface area (Å²) in [5, 5.41) is 3.12. The number of hydrogen-bond acceptors (Lipinski definition) is 3. The van der Waals surface area contributed by atoms with Crippen LogP contribution in [0.4, 0.5) is 8.78 Å². The van der Waals surface area contributed by atoms with E-state index in [-0.39, 0.29) is 29.0 Å². The molecule has 4 aromatic carbocycles. The number of nitrogens with one attached hydrogen (secondary N) is 1. The number of benzene rings is 4. The van der Waals surface area contributed by atoms with Gasteiger partial charge in [-0.3, -0.25) is 9.69 Å². The Balaban J connectivity index is 1.26. The van der Waals surface area contributed by atoms with Crippen LogP contribution in [0.1, 0.15) is 72.9 Å². The van der Waals surface area contributed by atoms with E-state index in [0.717, 1.165) is 61.9 Å². The second kappa shape index (κ2) is 15.3. The van der Waals surface area contributed by atoms with Crippen LogP contribution in [0.15, 0.2) is 97.1 Å². The topological polar surface area (TPSA) is 41.6 Å². The molecule has 4 aromatic rings. The zero-order valence-corrected chi connectivity index (χ0v) is 26.4. The van der Waals surface area contributed by atoms with Gasteiger partial charge in [-0.25, -0.2) is 8.78 Å². The largest absolute Gasteiger partial charge is 0.494 e. The summed E-state index contributed by atoms with van der Waals surface area (Å²) in [5.41, 5.74) is 5.54.